The van der Waals surface area contributed by atoms with Gasteiger partial charge in [-0.25, -0.2) is 5.43 Å². The van der Waals surface area contributed by atoms with Crippen molar-refractivity contribution in [2.45, 2.75) is 13.3 Å². The number of fused-ring (bicyclic) bond motifs is 1. The Kier molecular flexibility index (Phi) is 4.01. The number of aromatic nitrogens is 1. The van der Waals surface area contributed by atoms with E-state index in [-0.39, 0.29) is 5.91 Å². The van der Waals surface area contributed by atoms with Crippen molar-refractivity contribution >= 4 is 23.0 Å². The van der Waals surface area contributed by atoms with Crippen LogP contribution in [0.1, 0.15) is 16.8 Å². The molecule has 0 aliphatic rings. The summed E-state index contributed by atoms with van der Waals surface area (Å²) in [6.07, 6.45) is 2.02. The summed E-state index contributed by atoms with van der Waals surface area (Å²) < 4.78 is 0. The van der Waals surface area contributed by atoms with Gasteiger partial charge in [0.15, 0.2) is 0 Å². The van der Waals surface area contributed by atoms with E-state index in [1.807, 2.05) is 61.5 Å². The number of aromatic amines is 1. The molecule has 0 atom stereocenters. The molecule has 0 saturated carbocycles. The Morgan fingerprint density at radius 1 is 1.14 bits per heavy atom. The van der Waals surface area contributed by atoms with Crippen molar-refractivity contribution in [1.29, 1.82) is 0 Å². The zero-order valence-corrected chi connectivity index (χ0v) is 12.3. The molecule has 0 spiro atoms. The van der Waals surface area contributed by atoms with Gasteiger partial charge < -0.3 is 4.98 Å². The zero-order valence-electron chi connectivity index (χ0n) is 12.3. The standard InChI is InChI=1S/C18H17N3O/c1-13-16(15-9-5-6-10-17(15)20-13)12-19-21-18(22)11-14-7-3-2-4-8-14/h2-10,12,20H,11H2,1H3,(H,21,22). The van der Waals surface area contributed by atoms with E-state index < -0.39 is 0 Å². The maximum Gasteiger partial charge on any atom is 0.244 e. The highest BCUT2D eigenvalue weighted by molar-refractivity contribution is 6.00. The molecule has 0 bridgehead atoms. The number of amides is 1. The lowest BCUT2D eigenvalue weighted by atomic mass is 10.1. The molecule has 2 aromatic carbocycles. The van der Waals surface area contributed by atoms with Crippen LogP contribution in [-0.4, -0.2) is 17.1 Å². The molecular formula is C18H17N3O. The number of aryl methyl sites for hydroxylation is 1. The number of nitrogens with one attached hydrogen (secondary N) is 2. The van der Waals surface area contributed by atoms with Crippen LogP contribution < -0.4 is 5.43 Å². The van der Waals surface area contributed by atoms with E-state index in [4.69, 9.17) is 0 Å². The second kappa shape index (κ2) is 6.26. The molecule has 3 aromatic rings. The summed E-state index contributed by atoms with van der Waals surface area (Å²) in [6.45, 7) is 1.99. The molecule has 4 nitrogen and oxygen atoms in total. The Hall–Kier alpha value is -2.88. The molecule has 3 rings (SSSR count). The minimum Gasteiger partial charge on any atom is -0.358 e. The van der Waals surface area contributed by atoms with Crippen molar-refractivity contribution in [2.75, 3.05) is 0 Å². The molecule has 0 unspecified atom stereocenters. The Morgan fingerprint density at radius 2 is 1.86 bits per heavy atom. The van der Waals surface area contributed by atoms with Crippen molar-refractivity contribution in [3.63, 3.8) is 0 Å². The van der Waals surface area contributed by atoms with Crippen LogP contribution in [0.15, 0.2) is 59.7 Å². The van der Waals surface area contributed by atoms with Gasteiger partial charge in [0, 0.05) is 22.2 Å². The molecule has 0 radical (unpaired) electrons. The number of carbonyl (C=O) groups excluding carboxylic acids is 1. The topological polar surface area (TPSA) is 57.2 Å². The lowest BCUT2D eigenvalue weighted by Gasteiger charge is -2.00. The maximum absolute atomic E-state index is 11.9. The van der Waals surface area contributed by atoms with Crippen LogP contribution in [-0.2, 0) is 11.2 Å². The van der Waals surface area contributed by atoms with Crippen molar-refractivity contribution in [3.05, 3.63) is 71.4 Å². The molecule has 1 heterocycles. The van der Waals surface area contributed by atoms with Crippen LogP contribution in [0.4, 0.5) is 0 Å². The van der Waals surface area contributed by atoms with Crippen LogP contribution in [0, 0.1) is 6.92 Å². The van der Waals surface area contributed by atoms with E-state index in [0.717, 1.165) is 27.7 Å². The van der Waals surface area contributed by atoms with E-state index in [1.165, 1.54) is 0 Å². The van der Waals surface area contributed by atoms with Gasteiger partial charge in [-0.05, 0) is 18.6 Å². The van der Waals surface area contributed by atoms with Crippen LogP contribution in [0.25, 0.3) is 10.9 Å². The molecule has 2 N–H and O–H groups in total. The van der Waals surface area contributed by atoms with E-state index in [1.54, 1.807) is 6.21 Å². The Bertz CT molecular complexity index is 819. The number of hydrogen-bond acceptors (Lipinski definition) is 2. The molecule has 0 aliphatic carbocycles. The summed E-state index contributed by atoms with van der Waals surface area (Å²) in [4.78, 5) is 15.2. The molecule has 4 heteroatoms. The van der Waals surface area contributed by atoms with Gasteiger partial charge in [0.2, 0.25) is 5.91 Å². The first-order valence-electron chi connectivity index (χ1n) is 7.17. The molecule has 110 valence electrons. The second-order valence-corrected chi connectivity index (χ2v) is 5.16. The first-order valence-corrected chi connectivity index (χ1v) is 7.17. The molecule has 0 aliphatic heterocycles. The zero-order chi connectivity index (χ0) is 15.4. The largest absolute Gasteiger partial charge is 0.358 e. The first-order chi connectivity index (χ1) is 10.7. The second-order valence-electron chi connectivity index (χ2n) is 5.16. The van der Waals surface area contributed by atoms with Gasteiger partial charge in [0.1, 0.15) is 0 Å². The first kappa shape index (κ1) is 14.1. The average molecular weight is 291 g/mol. The Morgan fingerprint density at radius 3 is 2.68 bits per heavy atom. The number of hydrazone groups is 1. The normalized spacial score (nSPS) is 11.1. The fourth-order valence-electron chi connectivity index (χ4n) is 2.45. The van der Waals surface area contributed by atoms with Gasteiger partial charge in [-0.3, -0.25) is 4.79 Å². The number of nitrogens with zero attached hydrogens (tertiary/aromatic N) is 1. The van der Waals surface area contributed by atoms with Crippen molar-refractivity contribution in [3.8, 4) is 0 Å². The minimum absolute atomic E-state index is 0.125. The lowest BCUT2D eigenvalue weighted by molar-refractivity contribution is -0.120. The highest BCUT2D eigenvalue weighted by atomic mass is 16.2. The smallest absolute Gasteiger partial charge is 0.244 e. The average Bonchev–Trinajstić information content (AvgIpc) is 2.84. The molecule has 1 amide bonds. The summed E-state index contributed by atoms with van der Waals surface area (Å²) in [5.41, 5.74) is 6.64. The van der Waals surface area contributed by atoms with Crippen molar-refractivity contribution in [2.24, 2.45) is 5.10 Å². The van der Waals surface area contributed by atoms with Crippen LogP contribution in [0.5, 0.6) is 0 Å². The summed E-state index contributed by atoms with van der Waals surface area (Å²) in [5, 5.41) is 5.17. The molecule has 1 aromatic heterocycles. The quantitative estimate of drug-likeness (QED) is 0.563. The summed E-state index contributed by atoms with van der Waals surface area (Å²) in [6, 6.07) is 17.6. The van der Waals surface area contributed by atoms with Crippen LogP contribution in [0.2, 0.25) is 0 Å². The predicted octanol–water partition coefficient (Wildman–Crippen LogP) is 3.17. The number of benzene rings is 2. The van der Waals surface area contributed by atoms with Crippen LogP contribution >= 0.6 is 0 Å². The SMILES string of the molecule is Cc1[nH]c2ccccc2c1C=NNC(=O)Cc1ccccc1. The van der Waals surface area contributed by atoms with Crippen LogP contribution in [0.3, 0.4) is 0 Å². The number of para-hydroxylation sites is 1. The summed E-state index contributed by atoms with van der Waals surface area (Å²) in [5.74, 6) is -0.125. The predicted molar refractivity (Wildman–Crippen MR) is 88.9 cm³/mol. The number of rotatable bonds is 4. The molecule has 0 fully saturated rings. The van der Waals surface area contributed by atoms with Gasteiger partial charge in [-0.2, -0.15) is 5.10 Å². The van der Waals surface area contributed by atoms with Gasteiger partial charge in [-0.1, -0.05) is 48.5 Å². The highest BCUT2D eigenvalue weighted by Crippen LogP contribution is 2.19. The molecule has 22 heavy (non-hydrogen) atoms. The van der Waals surface area contributed by atoms with E-state index in [2.05, 4.69) is 15.5 Å². The Balaban J connectivity index is 1.69. The fourth-order valence-corrected chi connectivity index (χ4v) is 2.45. The fraction of sp³-hybridized carbons (Fsp3) is 0.111. The van der Waals surface area contributed by atoms with Crippen molar-refractivity contribution in [1.82, 2.24) is 10.4 Å². The van der Waals surface area contributed by atoms with E-state index in [0.29, 0.717) is 6.42 Å². The lowest BCUT2D eigenvalue weighted by Crippen LogP contribution is -2.19. The third-order valence-electron chi connectivity index (χ3n) is 3.53. The minimum atomic E-state index is -0.125. The Labute approximate surface area is 128 Å². The number of hydrogen-bond donors (Lipinski definition) is 2. The summed E-state index contributed by atoms with van der Waals surface area (Å²) >= 11 is 0. The van der Waals surface area contributed by atoms with Gasteiger partial charge in [-0.15, -0.1) is 0 Å². The highest BCUT2D eigenvalue weighted by Gasteiger charge is 2.05. The number of carbonyl (C=O) groups is 1. The molecule has 0 saturated heterocycles. The van der Waals surface area contributed by atoms with E-state index >= 15 is 0 Å². The van der Waals surface area contributed by atoms with Gasteiger partial charge >= 0.3 is 0 Å². The van der Waals surface area contributed by atoms with Gasteiger partial charge in [0.25, 0.3) is 0 Å². The molecular weight excluding hydrogens is 274 g/mol. The maximum atomic E-state index is 11.9. The monoisotopic (exact) mass is 291 g/mol. The summed E-state index contributed by atoms with van der Waals surface area (Å²) in [7, 11) is 0. The van der Waals surface area contributed by atoms with Crippen molar-refractivity contribution < 1.29 is 4.79 Å². The third-order valence-corrected chi connectivity index (χ3v) is 3.53. The van der Waals surface area contributed by atoms with Gasteiger partial charge in [0.05, 0.1) is 12.6 Å². The third kappa shape index (κ3) is 3.06. The van der Waals surface area contributed by atoms with E-state index in [9.17, 15) is 4.79 Å². The number of H-pyrrole nitrogens is 1.